The first-order chi connectivity index (χ1) is 14.4. The van der Waals surface area contributed by atoms with E-state index in [9.17, 15) is 0 Å². The van der Waals surface area contributed by atoms with Gasteiger partial charge in [0.2, 0.25) is 0 Å². The molecule has 2 atom stereocenters. The number of pyridine rings is 1. The van der Waals surface area contributed by atoms with Crippen LogP contribution in [-0.4, -0.2) is 17.1 Å². The lowest BCUT2D eigenvalue weighted by molar-refractivity contribution is 0.547. The maximum atomic E-state index is 6.03. The third kappa shape index (κ3) is 12.3. The van der Waals surface area contributed by atoms with E-state index in [2.05, 4.69) is 69.4 Å². The van der Waals surface area contributed by atoms with Gasteiger partial charge in [0.15, 0.2) is 0 Å². The molecule has 0 bridgehead atoms. The highest BCUT2D eigenvalue weighted by molar-refractivity contribution is 5.66. The number of rotatable bonds is 8. The Morgan fingerprint density at radius 2 is 1.71 bits per heavy atom. The maximum absolute atomic E-state index is 6.03. The number of aromatic nitrogens is 1. The molecule has 176 valence electrons. The van der Waals surface area contributed by atoms with E-state index in [4.69, 9.17) is 5.73 Å². The Morgan fingerprint density at radius 3 is 2.10 bits per heavy atom. The fraction of sp³-hybridized carbons (Fsp3) is 0.536. The van der Waals surface area contributed by atoms with Crippen molar-refractivity contribution in [3.8, 4) is 0 Å². The monoisotopic (exact) mass is 427 g/mol. The lowest BCUT2D eigenvalue weighted by atomic mass is 10.0. The molecule has 0 radical (unpaired) electrons. The first-order valence-electron chi connectivity index (χ1n) is 11.6. The molecule has 1 rings (SSSR count). The van der Waals surface area contributed by atoms with Crippen LogP contribution in [-0.2, 0) is 0 Å². The van der Waals surface area contributed by atoms with Gasteiger partial charge in [-0.25, -0.2) is 4.98 Å². The van der Waals surface area contributed by atoms with Crippen LogP contribution in [0.2, 0.25) is 0 Å². The number of aryl methyl sites for hydroxylation is 2. The highest BCUT2D eigenvalue weighted by Crippen LogP contribution is 2.23. The molecule has 0 amide bonds. The summed E-state index contributed by atoms with van der Waals surface area (Å²) in [6.45, 7) is 30.4. The Kier molecular flexibility index (Phi) is 16.6. The van der Waals surface area contributed by atoms with Crippen molar-refractivity contribution in [3.63, 3.8) is 0 Å². The molecule has 0 aliphatic rings. The Bertz CT molecular complexity index is 752. The van der Waals surface area contributed by atoms with Gasteiger partial charge in [-0.15, -0.1) is 0 Å². The van der Waals surface area contributed by atoms with Crippen molar-refractivity contribution in [2.45, 2.75) is 101 Å². The van der Waals surface area contributed by atoms with E-state index in [1.165, 1.54) is 11.1 Å². The van der Waals surface area contributed by atoms with Gasteiger partial charge >= 0.3 is 0 Å². The van der Waals surface area contributed by atoms with E-state index in [-0.39, 0.29) is 12.1 Å². The van der Waals surface area contributed by atoms with Gasteiger partial charge in [0.05, 0.1) is 0 Å². The van der Waals surface area contributed by atoms with Crippen LogP contribution < -0.4 is 11.1 Å². The highest BCUT2D eigenvalue weighted by atomic mass is 15.0. The predicted molar refractivity (Wildman–Crippen MR) is 144 cm³/mol. The molecule has 0 saturated heterocycles. The SMILES string of the molecule is C=C(C)/C(C)=C\C(C)=C/C.C=C(C)c1cc(C)c(NC(CCC)C(C)N)nc1C.CC. The van der Waals surface area contributed by atoms with E-state index >= 15 is 0 Å². The van der Waals surface area contributed by atoms with Crippen molar-refractivity contribution in [2.24, 2.45) is 5.73 Å². The largest absolute Gasteiger partial charge is 0.366 e. The van der Waals surface area contributed by atoms with Crippen LogP contribution in [0.15, 0.2) is 48.1 Å². The quantitative estimate of drug-likeness (QED) is 0.411. The van der Waals surface area contributed by atoms with Crippen LogP contribution in [0.3, 0.4) is 0 Å². The fourth-order valence-electron chi connectivity index (χ4n) is 2.78. The molecule has 1 aromatic heterocycles. The van der Waals surface area contributed by atoms with E-state index < -0.39 is 0 Å². The number of nitrogens with zero attached hydrogens (tertiary/aromatic N) is 1. The molecule has 2 unspecified atom stereocenters. The van der Waals surface area contributed by atoms with Crippen LogP contribution in [0, 0.1) is 13.8 Å². The molecule has 0 aromatic carbocycles. The number of nitrogens with one attached hydrogen (secondary N) is 1. The van der Waals surface area contributed by atoms with E-state index in [0.29, 0.717) is 0 Å². The zero-order valence-electron chi connectivity index (χ0n) is 22.2. The van der Waals surface area contributed by atoms with Crippen LogP contribution >= 0.6 is 0 Å². The molecule has 0 aliphatic heterocycles. The second-order valence-corrected chi connectivity index (χ2v) is 8.11. The average molecular weight is 428 g/mol. The standard InChI is InChI=1S/C16H27N3.C10H16.C2H6/c1-7-8-15(12(5)17)19-16-11(4)9-14(10(2)3)13(6)18-16;1-6-9(4)7-10(5)8(2)3;1-2/h9,12,15H,2,7-8,17H2,1,3-6H3,(H,18,19);6-7H,2H2,1,3-5H3;1-2H3/b;9-6-,10-7-;. The molecule has 0 saturated carbocycles. The first kappa shape index (κ1) is 31.1. The lowest BCUT2D eigenvalue weighted by Gasteiger charge is -2.24. The van der Waals surface area contributed by atoms with Crippen LogP contribution in [0.5, 0.6) is 0 Å². The van der Waals surface area contributed by atoms with E-state index in [0.717, 1.165) is 46.6 Å². The number of hydrogen-bond donors (Lipinski definition) is 2. The minimum absolute atomic E-state index is 0.113. The highest BCUT2D eigenvalue weighted by Gasteiger charge is 2.15. The minimum Gasteiger partial charge on any atom is -0.366 e. The van der Waals surface area contributed by atoms with Crippen molar-refractivity contribution < 1.29 is 0 Å². The summed E-state index contributed by atoms with van der Waals surface area (Å²) in [6, 6.07) is 2.53. The smallest absolute Gasteiger partial charge is 0.129 e. The van der Waals surface area contributed by atoms with Crippen LogP contribution in [0.4, 0.5) is 5.82 Å². The fourth-order valence-corrected chi connectivity index (χ4v) is 2.78. The third-order valence-corrected chi connectivity index (χ3v) is 4.99. The van der Waals surface area contributed by atoms with Gasteiger partial charge in [-0.05, 0) is 90.2 Å². The molecule has 0 fully saturated rings. The molecule has 1 aromatic rings. The lowest BCUT2D eigenvalue weighted by Crippen LogP contribution is -2.38. The normalized spacial score (nSPS) is 13.2. The van der Waals surface area contributed by atoms with Gasteiger partial charge in [0.25, 0.3) is 0 Å². The summed E-state index contributed by atoms with van der Waals surface area (Å²) in [5.41, 5.74) is 14.1. The Hall–Kier alpha value is -2.13. The number of nitrogens with two attached hydrogens (primary N) is 1. The summed E-state index contributed by atoms with van der Waals surface area (Å²) in [4.78, 5) is 4.67. The number of anilines is 1. The van der Waals surface area contributed by atoms with Gasteiger partial charge in [0.1, 0.15) is 5.82 Å². The Morgan fingerprint density at radius 1 is 1.16 bits per heavy atom. The zero-order chi connectivity index (χ0) is 24.7. The van der Waals surface area contributed by atoms with Crippen molar-refractivity contribution in [1.29, 1.82) is 0 Å². The molecule has 1 heterocycles. The summed E-state index contributed by atoms with van der Waals surface area (Å²) < 4.78 is 0. The summed E-state index contributed by atoms with van der Waals surface area (Å²) >= 11 is 0. The summed E-state index contributed by atoms with van der Waals surface area (Å²) in [5.74, 6) is 0.943. The van der Waals surface area contributed by atoms with Gasteiger partial charge in [-0.3, -0.25) is 0 Å². The molecule has 31 heavy (non-hydrogen) atoms. The third-order valence-electron chi connectivity index (χ3n) is 4.99. The molecule has 3 nitrogen and oxygen atoms in total. The summed E-state index contributed by atoms with van der Waals surface area (Å²) in [7, 11) is 0. The van der Waals surface area contributed by atoms with Crippen molar-refractivity contribution in [2.75, 3.05) is 5.32 Å². The summed E-state index contributed by atoms with van der Waals surface area (Å²) in [5, 5.41) is 3.49. The topological polar surface area (TPSA) is 50.9 Å². The minimum atomic E-state index is 0.113. The van der Waals surface area contributed by atoms with Crippen molar-refractivity contribution in [3.05, 3.63) is 64.9 Å². The van der Waals surface area contributed by atoms with Crippen LogP contribution in [0.25, 0.3) is 5.57 Å². The average Bonchev–Trinajstić information content (AvgIpc) is 2.71. The molecular formula is C28H49N3. The molecule has 3 heteroatoms. The van der Waals surface area contributed by atoms with Gasteiger partial charge < -0.3 is 11.1 Å². The van der Waals surface area contributed by atoms with Gasteiger partial charge in [0, 0.05) is 17.8 Å². The number of allylic oxidation sites excluding steroid dienone is 6. The second kappa shape index (κ2) is 16.5. The predicted octanol–water partition coefficient (Wildman–Crippen LogP) is 8.16. The number of hydrogen-bond acceptors (Lipinski definition) is 3. The molecule has 0 spiro atoms. The Labute approximate surface area is 193 Å². The van der Waals surface area contributed by atoms with Crippen molar-refractivity contribution in [1.82, 2.24) is 4.98 Å². The summed E-state index contributed by atoms with van der Waals surface area (Å²) in [6.07, 6.45) is 6.40. The van der Waals surface area contributed by atoms with E-state index in [1.54, 1.807) is 0 Å². The first-order valence-corrected chi connectivity index (χ1v) is 11.6. The zero-order valence-corrected chi connectivity index (χ0v) is 22.2. The van der Waals surface area contributed by atoms with Gasteiger partial charge in [-0.1, -0.05) is 63.6 Å². The van der Waals surface area contributed by atoms with Gasteiger partial charge in [-0.2, -0.15) is 0 Å². The molecular weight excluding hydrogens is 378 g/mol. The maximum Gasteiger partial charge on any atom is 0.129 e. The van der Waals surface area contributed by atoms with Crippen molar-refractivity contribution >= 4 is 11.4 Å². The molecule has 0 aliphatic carbocycles. The van der Waals surface area contributed by atoms with Crippen LogP contribution in [0.1, 0.15) is 92.0 Å². The molecule has 3 N–H and O–H groups in total. The second-order valence-electron chi connectivity index (χ2n) is 8.11. The Balaban J connectivity index is 0. The van der Waals surface area contributed by atoms with E-state index in [1.807, 2.05) is 48.5 Å².